The van der Waals surface area contributed by atoms with Crippen molar-refractivity contribution in [2.75, 3.05) is 0 Å². The minimum atomic E-state index is -0.452. The van der Waals surface area contributed by atoms with Gasteiger partial charge in [0.25, 0.3) is 0 Å². The molecule has 0 N–H and O–H groups in total. The monoisotopic (exact) mass is 634 g/mol. The highest BCUT2D eigenvalue weighted by Gasteiger charge is 2.45. The summed E-state index contributed by atoms with van der Waals surface area (Å²) < 4.78 is 0. The molecule has 0 saturated carbocycles. The van der Waals surface area contributed by atoms with Gasteiger partial charge in [-0.3, -0.25) is 9.97 Å². The second-order valence-corrected chi connectivity index (χ2v) is 13.0. The van der Waals surface area contributed by atoms with Crippen molar-refractivity contribution in [3.05, 3.63) is 192 Å². The number of aromatic nitrogens is 2. The van der Waals surface area contributed by atoms with E-state index < -0.39 is 5.41 Å². The fraction of sp³-hybridized carbons (Fsp3) is 0.149. The number of pyridine rings is 2. The third-order valence-corrected chi connectivity index (χ3v) is 9.53. The topological polar surface area (TPSA) is 25.8 Å². The van der Waals surface area contributed by atoms with Crippen molar-refractivity contribution in [1.29, 1.82) is 0 Å². The number of benzene rings is 5. The van der Waals surface area contributed by atoms with E-state index >= 15 is 0 Å². The standard InChI is InChI=1S/C45H36N2.C2H6/c1-31(2)24-32-18-20-39(21-19-32)45(43-16-5-3-14-41(43)42-15-4-6-17-44(42)45)40-13-7-10-33(28-40)36-25-37(34-11-8-22-46-29-34)27-38(26-36)35-12-9-23-47-30-35;1-2/h3-23,25-31H,24H2,1-2H3;1-2H3. The van der Waals surface area contributed by atoms with Crippen LogP contribution in [-0.2, 0) is 11.8 Å². The van der Waals surface area contributed by atoms with Gasteiger partial charge in [-0.2, -0.15) is 0 Å². The van der Waals surface area contributed by atoms with Crippen molar-refractivity contribution < 1.29 is 0 Å². The normalized spacial score (nSPS) is 12.5. The summed E-state index contributed by atoms with van der Waals surface area (Å²) in [5.41, 5.74) is 15.5. The number of fused-ring (bicyclic) bond motifs is 3. The molecule has 5 aromatic carbocycles. The summed E-state index contributed by atoms with van der Waals surface area (Å²) in [5.74, 6) is 0.610. The zero-order valence-electron chi connectivity index (χ0n) is 28.8. The first kappa shape index (κ1) is 32.0. The predicted octanol–water partition coefficient (Wildman–Crippen LogP) is 12.1. The van der Waals surface area contributed by atoms with E-state index in [-0.39, 0.29) is 0 Å². The molecule has 2 heteroatoms. The lowest BCUT2D eigenvalue weighted by molar-refractivity contribution is 0.646. The average Bonchev–Trinajstić information content (AvgIpc) is 3.47. The van der Waals surface area contributed by atoms with E-state index in [4.69, 9.17) is 0 Å². The van der Waals surface area contributed by atoms with Gasteiger partial charge < -0.3 is 0 Å². The van der Waals surface area contributed by atoms with Crippen LogP contribution >= 0.6 is 0 Å². The van der Waals surface area contributed by atoms with Gasteiger partial charge in [0, 0.05) is 35.9 Å². The number of hydrogen-bond acceptors (Lipinski definition) is 2. The molecule has 2 heterocycles. The van der Waals surface area contributed by atoms with Gasteiger partial charge in [-0.05, 0) is 110 Å². The summed E-state index contributed by atoms with van der Waals surface area (Å²) in [6, 6.07) is 51.6. The Labute approximate surface area is 291 Å². The van der Waals surface area contributed by atoms with E-state index in [0.29, 0.717) is 5.92 Å². The summed E-state index contributed by atoms with van der Waals surface area (Å²) in [7, 11) is 0. The highest BCUT2D eigenvalue weighted by molar-refractivity contribution is 5.87. The summed E-state index contributed by atoms with van der Waals surface area (Å²) in [5, 5.41) is 0. The van der Waals surface area contributed by atoms with Crippen LogP contribution in [0.4, 0.5) is 0 Å². The van der Waals surface area contributed by atoms with Gasteiger partial charge in [0.05, 0.1) is 5.41 Å². The van der Waals surface area contributed by atoms with Crippen LogP contribution in [0.25, 0.3) is 44.5 Å². The maximum Gasteiger partial charge on any atom is 0.0713 e. The molecule has 1 aliphatic carbocycles. The third-order valence-electron chi connectivity index (χ3n) is 9.53. The molecule has 0 radical (unpaired) electrons. The van der Waals surface area contributed by atoms with Gasteiger partial charge in [0.1, 0.15) is 0 Å². The van der Waals surface area contributed by atoms with E-state index in [0.717, 1.165) is 34.2 Å². The molecule has 240 valence electrons. The molecule has 7 aromatic rings. The molecule has 0 unspecified atom stereocenters. The summed E-state index contributed by atoms with van der Waals surface area (Å²) >= 11 is 0. The highest BCUT2D eigenvalue weighted by Crippen LogP contribution is 2.56. The molecule has 0 saturated heterocycles. The first-order chi connectivity index (χ1) is 24.1. The van der Waals surface area contributed by atoms with Crippen LogP contribution in [-0.4, -0.2) is 9.97 Å². The first-order valence-electron chi connectivity index (χ1n) is 17.5. The summed E-state index contributed by atoms with van der Waals surface area (Å²) in [4.78, 5) is 8.85. The Morgan fingerprint density at radius 2 is 0.980 bits per heavy atom. The second-order valence-electron chi connectivity index (χ2n) is 13.0. The molecular weight excluding hydrogens is 593 g/mol. The molecule has 0 amide bonds. The zero-order chi connectivity index (χ0) is 33.8. The molecule has 0 bridgehead atoms. The molecule has 8 rings (SSSR count). The zero-order valence-corrected chi connectivity index (χ0v) is 28.8. The quantitative estimate of drug-likeness (QED) is 0.174. The molecular formula is C47H42N2. The van der Waals surface area contributed by atoms with Crippen molar-refractivity contribution in [2.24, 2.45) is 5.92 Å². The van der Waals surface area contributed by atoms with Gasteiger partial charge >= 0.3 is 0 Å². The second kappa shape index (κ2) is 13.9. The minimum Gasteiger partial charge on any atom is -0.264 e. The van der Waals surface area contributed by atoms with E-state index in [2.05, 4.69) is 151 Å². The number of rotatable bonds is 7. The van der Waals surface area contributed by atoms with E-state index in [1.807, 2.05) is 50.8 Å². The van der Waals surface area contributed by atoms with Crippen molar-refractivity contribution in [3.8, 4) is 44.5 Å². The smallest absolute Gasteiger partial charge is 0.0713 e. The van der Waals surface area contributed by atoms with E-state index in [1.165, 1.54) is 44.5 Å². The lowest BCUT2D eigenvalue weighted by Gasteiger charge is -2.34. The molecule has 2 nitrogen and oxygen atoms in total. The van der Waals surface area contributed by atoms with Gasteiger partial charge in [0.2, 0.25) is 0 Å². The third kappa shape index (κ3) is 5.89. The molecule has 49 heavy (non-hydrogen) atoms. The lowest BCUT2D eigenvalue weighted by atomic mass is 9.67. The average molecular weight is 635 g/mol. The largest absolute Gasteiger partial charge is 0.264 e. The van der Waals surface area contributed by atoms with Crippen molar-refractivity contribution in [1.82, 2.24) is 9.97 Å². The number of nitrogens with zero attached hydrogens (tertiary/aromatic N) is 2. The molecule has 2 aromatic heterocycles. The lowest BCUT2D eigenvalue weighted by Crippen LogP contribution is -2.28. The van der Waals surface area contributed by atoms with E-state index in [9.17, 15) is 0 Å². The van der Waals surface area contributed by atoms with Crippen molar-refractivity contribution >= 4 is 0 Å². The maximum absolute atomic E-state index is 4.43. The van der Waals surface area contributed by atoms with E-state index in [1.54, 1.807) is 0 Å². The Morgan fingerprint density at radius 3 is 1.49 bits per heavy atom. The van der Waals surface area contributed by atoms with Gasteiger partial charge in [-0.25, -0.2) is 0 Å². The molecule has 0 aliphatic heterocycles. The van der Waals surface area contributed by atoms with Crippen LogP contribution in [0.3, 0.4) is 0 Å². The SMILES string of the molecule is CC.CC(C)Cc1ccc(C2(c3cccc(-c4cc(-c5cccnc5)cc(-c5cccnc5)c4)c3)c3ccccc3-c3ccccc32)cc1. The molecule has 0 spiro atoms. The fourth-order valence-corrected chi connectivity index (χ4v) is 7.51. The Balaban J connectivity index is 0.00000186. The summed E-state index contributed by atoms with van der Waals surface area (Å²) in [6.45, 7) is 8.57. The number of hydrogen-bond donors (Lipinski definition) is 0. The predicted molar refractivity (Wildman–Crippen MR) is 206 cm³/mol. The van der Waals surface area contributed by atoms with Gasteiger partial charge in [0.15, 0.2) is 0 Å². The van der Waals surface area contributed by atoms with Crippen LogP contribution < -0.4 is 0 Å². The van der Waals surface area contributed by atoms with Crippen molar-refractivity contribution in [2.45, 2.75) is 39.5 Å². The molecule has 1 aliphatic rings. The van der Waals surface area contributed by atoms with Gasteiger partial charge in [-0.1, -0.05) is 131 Å². The Kier molecular flexibility index (Phi) is 9.05. The Morgan fingerprint density at radius 1 is 0.469 bits per heavy atom. The van der Waals surface area contributed by atoms with Crippen LogP contribution in [0.15, 0.2) is 164 Å². The first-order valence-corrected chi connectivity index (χ1v) is 17.5. The Bertz CT molecular complexity index is 2080. The van der Waals surface area contributed by atoms with Crippen LogP contribution in [0.2, 0.25) is 0 Å². The highest BCUT2D eigenvalue weighted by atomic mass is 14.6. The fourth-order valence-electron chi connectivity index (χ4n) is 7.51. The maximum atomic E-state index is 4.43. The minimum absolute atomic E-state index is 0.452. The van der Waals surface area contributed by atoms with Crippen molar-refractivity contribution in [3.63, 3.8) is 0 Å². The van der Waals surface area contributed by atoms with Crippen LogP contribution in [0.1, 0.15) is 55.5 Å². The van der Waals surface area contributed by atoms with Crippen LogP contribution in [0.5, 0.6) is 0 Å². The molecule has 0 atom stereocenters. The van der Waals surface area contributed by atoms with Gasteiger partial charge in [-0.15, -0.1) is 0 Å². The Hall–Kier alpha value is -5.60. The van der Waals surface area contributed by atoms with Crippen LogP contribution in [0, 0.1) is 5.92 Å². The molecule has 0 fully saturated rings. The summed E-state index contributed by atoms with van der Waals surface area (Å²) in [6.07, 6.45) is 8.60.